The number of ether oxygens (including phenoxy) is 1. The molecule has 1 saturated heterocycles. The minimum absolute atomic E-state index is 0.0161. The van der Waals surface area contributed by atoms with Gasteiger partial charge >= 0.3 is 0 Å². The predicted octanol–water partition coefficient (Wildman–Crippen LogP) is 2.09. The number of hydrogen-bond donors (Lipinski definition) is 1. The Morgan fingerprint density at radius 2 is 2.28 bits per heavy atom. The lowest BCUT2D eigenvalue weighted by atomic mass is 10.1. The second-order valence-corrected chi connectivity index (χ2v) is 6.44. The second kappa shape index (κ2) is 6.78. The molecule has 0 bridgehead atoms. The molecule has 1 aliphatic rings. The lowest BCUT2D eigenvalue weighted by molar-refractivity contribution is -0.0350. The molecule has 0 amide bonds. The van der Waals surface area contributed by atoms with Gasteiger partial charge in [0.15, 0.2) is 0 Å². The van der Waals surface area contributed by atoms with Crippen LogP contribution in [0.15, 0.2) is 36.8 Å². The maximum atomic E-state index is 5.99. The van der Waals surface area contributed by atoms with E-state index in [1.165, 1.54) is 5.56 Å². The van der Waals surface area contributed by atoms with E-state index in [1.54, 1.807) is 6.20 Å². The number of morpholine rings is 1. The fourth-order valence-corrected chi connectivity index (χ4v) is 3.25. The number of pyridine rings is 1. The fraction of sp³-hybridized carbons (Fsp3) is 0.389. The molecular formula is C18H22N6O. The van der Waals surface area contributed by atoms with Crippen LogP contribution < -0.4 is 0 Å². The third kappa shape index (κ3) is 3.47. The average Bonchev–Trinajstić information content (AvgIpc) is 3.26. The summed E-state index contributed by atoms with van der Waals surface area (Å²) in [5, 5.41) is 11.3. The van der Waals surface area contributed by atoms with Crippen molar-refractivity contribution in [2.75, 3.05) is 19.7 Å². The SMILES string of the molecule is Cc1nn(C)cc1CN1CCOC(c2cccc(-c3cn[nH]c3)n2)C1. The van der Waals surface area contributed by atoms with Crippen molar-refractivity contribution in [3.63, 3.8) is 0 Å². The standard InChI is InChI=1S/C18H22N6O/c1-13-15(10-23(2)22-13)11-24-6-7-25-18(12-24)17-5-3-4-16(21-17)14-8-19-20-9-14/h3-5,8-10,18H,6-7,11-12H2,1-2H3,(H,19,20). The largest absolute Gasteiger partial charge is 0.369 e. The maximum Gasteiger partial charge on any atom is 0.112 e. The van der Waals surface area contributed by atoms with Gasteiger partial charge in [-0.25, -0.2) is 4.98 Å². The first kappa shape index (κ1) is 16.0. The first-order valence-corrected chi connectivity index (χ1v) is 8.48. The molecule has 1 atom stereocenters. The average molecular weight is 338 g/mol. The number of nitrogens with one attached hydrogen (secondary N) is 1. The number of H-pyrrole nitrogens is 1. The smallest absolute Gasteiger partial charge is 0.112 e. The first-order chi connectivity index (χ1) is 12.2. The van der Waals surface area contributed by atoms with Crippen molar-refractivity contribution in [1.82, 2.24) is 29.9 Å². The van der Waals surface area contributed by atoms with Gasteiger partial charge in [0.25, 0.3) is 0 Å². The highest BCUT2D eigenvalue weighted by molar-refractivity contribution is 5.56. The summed E-state index contributed by atoms with van der Waals surface area (Å²) >= 11 is 0. The van der Waals surface area contributed by atoms with Gasteiger partial charge in [-0.2, -0.15) is 10.2 Å². The van der Waals surface area contributed by atoms with Crippen LogP contribution in [0, 0.1) is 6.92 Å². The molecule has 25 heavy (non-hydrogen) atoms. The molecule has 0 saturated carbocycles. The Labute approximate surface area is 146 Å². The van der Waals surface area contributed by atoms with E-state index in [9.17, 15) is 0 Å². The van der Waals surface area contributed by atoms with Gasteiger partial charge in [-0.15, -0.1) is 0 Å². The zero-order chi connectivity index (χ0) is 17.2. The molecule has 130 valence electrons. The Bertz CT molecular complexity index is 841. The summed E-state index contributed by atoms with van der Waals surface area (Å²) in [4.78, 5) is 7.18. The highest BCUT2D eigenvalue weighted by Crippen LogP contribution is 2.24. The lowest BCUT2D eigenvalue weighted by Crippen LogP contribution is -2.38. The van der Waals surface area contributed by atoms with Gasteiger partial charge in [-0.05, 0) is 19.1 Å². The molecule has 4 heterocycles. The van der Waals surface area contributed by atoms with Crippen LogP contribution in [0.3, 0.4) is 0 Å². The second-order valence-electron chi connectivity index (χ2n) is 6.44. The molecule has 1 fully saturated rings. The Hall–Kier alpha value is -2.51. The van der Waals surface area contributed by atoms with Gasteiger partial charge in [0.05, 0.1) is 29.9 Å². The summed E-state index contributed by atoms with van der Waals surface area (Å²) in [5.74, 6) is 0. The Kier molecular flexibility index (Phi) is 4.33. The molecule has 0 aliphatic carbocycles. The lowest BCUT2D eigenvalue weighted by Gasteiger charge is -2.32. The molecule has 4 rings (SSSR count). The van der Waals surface area contributed by atoms with E-state index >= 15 is 0 Å². The van der Waals surface area contributed by atoms with Crippen LogP contribution in [-0.4, -0.2) is 49.6 Å². The molecule has 1 unspecified atom stereocenters. The van der Waals surface area contributed by atoms with Crippen molar-refractivity contribution in [2.24, 2.45) is 7.05 Å². The van der Waals surface area contributed by atoms with Crippen molar-refractivity contribution in [2.45, 2.75) is 19.6 Å². The van der Waals surface area contributed by atoms with E-state index in [0.717, 1.165) is 42.3 Å². The Morgan fingerprint density at radius 1 is 1.36 bits per heavy atom. The molecule has 0 spiro atoms. The van der Waals surface area contributed by atoms with Crippen LogP contribution >= 0.6 is 0 Å². The van der Waals surface area contributed by atoms with Gasteiger partial charge in [0.1, 0.15) is 6.10 Å². The molecule has 1 N–H and O–H groups in total. The minimum atomic E-state index is -0.0161. The molecular weight excluding hydrogens is 316 g/mol. The van der Waals surface area contributed by atoms with E-state index in [4.69, 9.17) is 9.72 Å². The monoisotopic (exact) mass is 338 g/mol. The summed E-state index contributed by atoms with van der Waals surface area (Å²) in [5.41, 5.74) is 5.22. The molecule has 1 aliphatic heterocycles. The minimum Gasteiger partial charge on any atom is -0.369 e. The van der Waals surface area contributed by atoms with Gasteiger partial charge < -0.3 is 4.74 Å². The van der Waals surface area contributed by atoms with Gasteiger partial charge in [0, 0.05) is 50.2 Å². The van der Waals surface area contributed by atoms with Gasteiger partial charge in [-0.1, -0.05) is 6.07 Å². The first-order valence-electron chi connectivity index (χ1n) is 8.48. The summed E-state index contributed by atoms with van der Waals surface area (Å²) in [6.07, 6.45) is 5.71. The molecule has 3 aromatic heterocycles. The third-order valence-electron chi connectivity index (χ3n) is 4.55. The number of rotatable bonds is 4. The van der Waals surface area contributed by atoms with Crippen LogP contribution in [0.2, 0.25) is 0 Å². The third-order valence-corrected chi connectivity index (χ3v) is 4.55. The molecule has 0 aromatic carbocycles. The Morgan fingerprint density at radius 3 is 3.04 bits per heavy atom. The van der Waals surface area contributed by atoms with Crippen LogP contribution in [0.25, 0.3) is 11.3 Å². The molecule has 7 nitrogen and oxygen atoms in total. The van der Waals surface area contributed by atoms with Crippen molar-refractivity contribution >= 4 is 0 Å². The quantitative estimate of drug-likeness (QED) is 0.789. The van der Waals surface area contributed by atoms with Crippen LogP contribution in [0.5, 0.6) is 0 Å². The number of aryl methyl sites for hydroxylation is 2. The number of aromatic nitrogens is 5. The highest BCUT2D eigenvalue weighted by Gasteiger charge is 2.24. The van der Waals surface area contributed by atoms with Gasteiger partial charge in [-0.3, -0.25) is 14.7 Å². The van der Waals surface area contributed by atoms with Gasteiger partial charge in [0.2, 0.25) is 0 Å². The summed E-state index contributed by atoms with van der Waals surface area (Å²) in [6, 6.07) is 6.05. The van der Waals surface area contributed by atoms with E-state index in [0.29, 0.717) is 6.61 Å². The summed E-state index contributed by atoms with van der Waals surface area (Å²) < 4.78 is 7.86. The zero-order valence-corrected chi connectivity index (χ0v) is 14.5. The normalized spacial score (nSPS) is 18.6. The number of nitrogens with zero attached hydrogens (tertiary/aromatic N) is 5. The van der Waals surface area contributed by atoms with Crippen LogP contribution in [-0.2, 0) is 18.3 Å². The zero-order valence-electron chi connectivity index (χ0n) is 14.5. The Balaban J connectivity index is 1.49. The maximum absolute atomic E-state index is 5.99. The summed E-state index contributed by atoms with van der Waals surface area (Å²) in [6.45, 7) is 5.41. The predicted molar refractivity (Wildman–Crippen MR) is 93.7 cm³/mol. The number of hydrogen-bond acceptors (Lipinski definition) is 5. The number of aromatic amines is 1. The van der Waals surface area contributed by atoms with Crippen LogP contribution in [0.4, 0.5) is 0 Å². The van der Waals surface area contributed by atoms with E-state index in [1.807, 2.05) is 36.1 Å². The van der Waals surface area contributed by atoms with E-state index < -0.39 is 0 Å². The van der Waals surface area contributed by atoms with E-state index in [2.05, 4.69) is 33.3 Å². The topological polar surface area (TPSA) is 71.9 Å². The van der Waals surface area contributed by atoms with E-state index in [-0.39, 0.29) is 6.10 Å². The molecule has 7 heteroatoms. The molecule has 3 aromatic rings. The highest BCUT2D eigenvalue weighted by atomic mass is 16.5. The fourth-order valence-electron chi connectivity index (χ4n) is 3.25. The van der Waals surface area contributed by atoms with Crippen molar-refractivity contribution < 1.29 is 4.74 Å². The molecule has 0 radical (unpaired) electrons. The van der Waals surface area contributed by atoms with Crippen LogP contribution in [0.1, 0.15) is 23.1 Å². The van der Waals surface area contributed by atoms with Crippen molar-refractivity contribution in [3.8, 4) is 11.3 Å². The van der Waals surface area contributed by atoms with Crippen molar-refractivity contribution in [3.05, 3.63) is 53.7 Å². The van der Waals surface area contributed by atoms with Crippen molar-refractivity contribution in [1.29, 1.82) is 0 Å². The summed E-state index contributed by atoms with van der Waals surface area (Å²) in [7, 11) is 1.96.